The van der Waals surface area contributed by atoms with Crippen LogP contribution in [0.2, 0.25) is 0 Å². The van der Waals surface area contributed by atoms with Crippen LogP contribution in [0.15, 0.2) is 0 Å². The molecule has 0 aliphatic carbocycles. The molecule has 3 nitrogen and oxygen atoms in total. The summed E-state index contributed by atoms with van der Waals surface area (Å²) in [6.07, 6.45) is 2.61. The van der Waals surface area contributed by atoms with Crippen molar-refractivity contribution in [2.75, 3.05) is 13.6 Å². The van der Waals surface area contributed by atoms with Gasteiger partial charge in [-0.3, -0.25) is 4.79 Å². The molecule has 0 aliphatic rings. The van der Waals surface area contributed by atoms with Gasteiger partial charge in [-0.25, -0.2) is 0 Å². The van der Waals surface area contributed by atoms with Crippen LogP contribution in [0.4, 0.5) is 0 Å². The molecule has 0 heterocycles. The predicted octanol–water partition coefficient (Wildman–Crippen LogP) is 0.901. The minimum Gasteiger partial charge on any atom is -0.353 e. The first-order valence-corrected chi connectivity index (χ1v) is 4.68. The molecule has 12 heavy (non-hydrogen) atoms. The lowest BCUT2D eigenvalue weighted by Crippen LogP contribution is -2.35. The van der Waals surface area contributed by atoms with E-state index in [1.54, 1.807) is 0 Å². The summed E-state index contributed by atoms with van der Waals surface area (Å²) in [5.41, 5.74) is 0. The van der Waals surface area contributed by atoms with E-state index in [2.05, 4.69) is 24.5 Å². The normalized spacial score (nSPS) is 10.3. The third-order valence-corrected chi connectivity index (χ3v) is 1.95. The quantitative estimate of drug-likeness (QED) is 0.625. The molecule has 0 saturated heterocycles. The molecule has 0 spiro atoms. The monoisotopic (exact) mass is 172 g/mol. The fourth-order valence-corrected chi connectivity index (χ4v) is 1.03. The average Bonchev–Trinajstić information content (AvgIpc) is 2.10. The summed E-state index contributed by atoms with van der Waals surface area (Å²) in [7, 11) is 1.85. The highest BCUT2D eigenvalue weighted by Crippen LogP contribution is 1.95. The second-order valence-electron chi connectivity index (χ2n) is 2.93. The molecular weight excluding hydrogens is 152 g/mol. The van der Waals surface area contributed by atoms with Crippen LogP contribution in [0.3, 0.4) is 0 Å². The van der Waals surface area contributed by atoms with Crippen molar-refractivity contribution < 1.29 is 4.79 Å². The van der Waals surface area contributed by atoms with Gasteiger partial charge in [0.2, 0.25) is 5.91 Å². The molecule has 0 aromatic carbocycles. The standard InChI is InChI=1S/C9H20N2O/c1-4-8(5-2)11-9(12)6-7-10-3/h8,10H,4-7H2,1-3H3,(H,11,12). The lowest BCUT2D eigenvalue weighted by atomic mass is 10.1. The summed E-state index contributed by atoms with van der Waals surface area (Å²) in [6.45, 7) is 4.94. The van der Waals surface area contributed by atoms with Crippen LogP contribution in [0.1, 0.15) is 33.1 Å². The summed E-state index contributed by atoms with van der Waals surface area (Å²) < 4.78 is 0. The number of hydrogen-bond donors (Lipinski definition) is 2. The third kappa shape index (κ3) is 5.13. The SMILES string of the molecule is CCC(CC)NC(=O)CCNC. The van der Waals surface area contributed by atoms with Gasteiger partial charge in [0.05, 0.1) is 0 Å². The second kappa shape index (κ2) is 7.10. The Morgan fingerprint density at radius 1 is 1.33 bits per heavy atom. The lowest BCUT2D eigenvalue weighted by molar-refractivity contribution is -0.121. The average molecular weight is 172 g/mol. The van der Waals surface area contributed by atoms with E-state index in [4.69, 9.17) is 0 Å². The molecule has 0 aromatic rings. The lowest BCUT2D eigenvalue weighted by Gasteiger charge is -2.14. The van der Waals surface area contributed by atoms with Gasteiger partial charge in [-0.1, -0.05) is 13.8 Å². The zero-order valence-corrected chi connectivity index (χ0v) is 8.31. The maximum atomic E-state index is 11.2. The van der Waals surface area contributed by atoms with Gasteiger partial charge < -0.3 is 10.6 Å². The fourth-order valence-electron chi connectivity index (χ4n) is 1.03. The minimum atomic E-state index is 0.151. The minimum absolute atomic E-state index is 0.151. The maximum Gasteiger partial charge on any atom is 0.221 e. The number of carbonyl (C=O) groups excluding carboxylic acids is 1. The van der Waals surface area contributed by atoms with E-state index in [1.807, 2.05) is 7.05 Å². The summed E-state index contributed by atoms with van der Waals surface area (Å²) in [5, 5.41) is 5.92. The number of nitrogens with one attached hydrogen (secondary N) is 2. The summed E-state index contributed by atoms with van der Waals surface area (Å²) in [5.74, 6) is 0.151. The number of hydrogen-bond acceptors (Lipinski definition) is 2. The van der Waals surface area contributed by atoms with Gasteiger partial charge >= 0.3 is 0 Å². The molecule has 0 radical (unpaired) electrons. The number of amides is 1. The molecule has 0 atom stereocenters. The molecule has 0 aliphatic heterocycles. The van der Waals surface area contributed by atoms with Gasteiger partial charge in [0, 0.05) is 19.0 Å². The third-order valence-electron chi connectivity index (χ3n) is 1.95. The van der Waals surface area contributed by atoms with Gasteiger partial charge in [-0.15, -0.1) is 0 Å². The van der Waals surface area contributed by atoms with Gasteiger partial charge in [0.15, 0.2) is 0 Å². The van der Waals surface area contributed by atoms with Crippen molar-refractivity contribution in [1.29, 1.82) is 0 Å². The van der Waals surface area contributed by atoms with Crippen LogP contribution in [0.5, 0.6) is 0 Å². The Labute approximate surface area is 74.9 Å². The van der Waals surface area contributed by atoms with Gasteiger partial charge in [0.25, 0.3) is 0 Å². The molecule has 2 N–H and O–H groups in total. The molecule has 0 unspecified atom stereocenters. The zero-order chi connectivity index (χ0) is 9.40. The molecule has 0 fully saturated rings. The molecule has 3 heteroatoms. The van der Waals surface area contributed by atoms with Gasteiger partial charge in [-0.05, 0) is 19.9 Å². The molecule has 0 bridgehead atoms. The van der Waals surface area contributed by atoms with Crippen molar-refractivity contribution in [2.24, 2.45) is 0 Å². The van der Waals surface area contributed by atoms with Crippen LogP contribution < -0.4 is 10.6 Å². The van der Waals surface area contributed by atoms with E-state index < -0.39 is 0 Å². The number of carbonyl (C=O) groups is 1. The highest BCUT2D eigenvalue weighted by molar-refractivity contribution is 5.76. The molecular formula is C9H20N2O. The first-order chi connectivity index (χ1) is 5.74. The first kappa shape index (κ1) is 11.4. The van der Waals surface area contributed by atoms with Crippen LogP contribution in [0.25, 0.3) is 0 Å². The predicted molar refractivity (Wildman–Crippen MR) is 51.1 cm³/mol. The van der Waals surface area contributed by atoms with Crippen LogP contribution >= 0.6 is 0 Å². The Balaban J connectivity index is 3.52. The van der Waals surface area contributed by atoms with Gasteiger partial charge in [0.1, 0.15) is 0 Å². The van der Waals surface area contributed by atoms with Crippen LogP contribution in [-0.4, -0.2) is 25.5 Å². The van der Waals surface area contributed by atoms with E-state index in [9.17, 15) is 4.79 Å². The fraction of sp³-hybridized carbons (Fsp3) is 0.889. The number of rotatable bonds is 6. The summed E-state index contributed by atoms with van der Waals surface area (Å²) in [4.78, 5) is 11.2. The Morgan fingerprint density at radius 3 is 2.33 bits per heavy atom. The van der Waals surface area contributed by atoms with Crippen LogP contribution in [-0.2, 0) is 4.79 Å². The van der Waals surface area contributed by atoms with E-state index in [0.717, 1.165) is 19.4 Å². The summed E-state index contributed by atoms with van der Waals surface area (Å²) >= 11 is 0. The van der Waals surface area contributed by atoms with Crippen molar-refractivity contribution in [3.8, 4) is 0 Å². The highest BCUT2D eigenvalue weighted by atomic mass is 16.1. The molecule has 72 valence electrons. The van der Waals surface area contributed by atoms with E-state index >= 15 is 0 Å². The first-order valence-electron chi connectivity index (χ1n) is 4.68. The smallest absolute Gasteiger partial charge is 0.221 e. The largest absolute Gasteiger partial charge is 0.353 e. The van der Waals surface area contributed by atoms with Crippen molar-refractivity contribution in [3.63, 3.8) is 0 Å². The maximum absolute atomic E-state index is 11.2. The molecule has 0 rings (SSSR count). The van der Waals surface area contributed by atoms with Crippen molar-refractivity contribution in [2.45, 2.75) is 39.2 Å². The Kier molecular flexibility index (Phi) is 6.76. The van der Waals surface area contributed by atoms with E-state index in [1.165, 1.54) is 0 Å². The summed E-state index contributed by atoms with van der Waals surface area (Å²) in [6, 6.07) is 0.356. The second-order valence-corrected chi connectivity index (χ2v) is 2.93. The zero-order valence-electron chi connectivity index (χ0n) is 8.31. The van der Waals surface area contributed by atoms with Gasteiger partial charge in [-0.2, -0.15) is 0 Å². The van der Waals surface area contributed by atoms with Crippen molar-refractivity contribution >= 4 is 5.91 Å². The molecule has 0 saturated carbocycles. The van der Waals surface area contributed by atoms with Crippen LogP contribution in [0, 0.1) is 0 Å². The Bertz CT molecular complexity index is 122. The molecule has 0 aromatic heterocycles. The van der Waals surface area contributed by atoms with E-state index in [0.29, 0.717) is 12.5 Å². The Hall–Kier alpha value is -0.570. The van der Waals surface area contributed by atoms with E-state index in [-0.39, 0.29) is 5.91 Å². The molecule has 1 amide bonds. The highest BCUT2D eigenvalue weighted by Gasteiger charge is 2.06. The topological polar surface area (TPSA) is 41.1 Å². The van der Waals surface area contributed by atoms with Crippen molar-refractivity contribution in [1.82, 2.24) is 10.6 Å². The van der Waals surface area contributed by atoms with Crippen molar-refractivity contribution in [3.05, 3.63) is 0 Å². The Morgan fingerprint density at radius 2 is 1.92 bits per heavy atom.